The van der Waals surface area contributed by atoms with E-state index in [1.165, 1.54) is 6.33 Å². The predicted octanol–water partition coefficient (Wildman–Crippen LogP) is 1.73. The quantitative estimate of drug-likeness (QED) is 0.321. The van der Waals surface area contributed by atoms with Gasteiger partial charge in [-0.1, -0.05) is 6.92 Å². The van der Waals surface area contributed by atoms with Gasteiger partial charge in [0.25, 0.3) is 0 Å². The summed E-state index contributed by atoms with van der Waals surface area (Å²) in [6.45, 7) is 3.35. The first-order chi connectivity index (χ1) is 10.2. The average Bonchev–Trinajstić information content (AvgIpc) is 2.48. The first-order valence-electron chi connectivity index (χ1n) is 6.86. The van der Waals surface area contributed by atoms with Crippen molar-refractivity contribution in [3.05, 3.63) is 16.4 Å². The average molecular weight is 315 g/mol. The second-order valence-electron chi connectivity index (χ2n) is 4.22. The van der Waals surface area contributed by atoms with Crippen LogP contribution in [0.2, 0.25) is 0 Å². The molecule has 0 bridgehead atoms. The van der Waals surface area contributed by atoms with E-state index in [1.807, 2.05) is 6.92 Å². The molecule has 0 aromatic carbocycles. The predicted molar refractivity (Wildman–Crippen MR) is 85.0 cm³/mol. The van der Waals surface area contributed by atoms with Crippen molar-refractivity contribution in [3.63, 3.8) is 0 Å². The number of hydrogen-bond acceptors (Lipinski definition) is 8. The lowest BCUT2D eigenvalue weighted by Crippen LogP contribution is -2.12. The summed E-state index contributed by atoms with van der Waals surface area (Å²) in [5.41, 5.74) is -0.119. The Labute approximate surface area is 127 Å². The monoisotopic (exact) mass is 315 g/mol. The Morgan fingerprint density at radius 1 is 1.29 bits per heavy atom. The summed E-state index contributed by atoms with van der Waals surface area (Å²) >= 11 is 1.68. The van der Waals surface area contributed by atoms with Crippen LogP contribution in [0.3, 0.4) is 0 Å². The third kappa shape index (κ3) is 6.13. The van der Waals surface area contributed by atoms with Gasteiger partial charge in [0.2, 0.25) is 11.6 Å². The van der Waals surface area contributed by atoms with Crippen LogP contribution in [0.1, 0.15) is 19.8 Å². The fraction of sp³-hybridized carbons (Fsp3) is 0.667. The number of nitro groups is 1. The lowest BCUT2D eigenvalue weighted by atomic mass is 10.4. The lowest BCUT2D eigenvalue weighted by molar-refractivity contribution is -0.383. The van der Waals surface area contributed by atoms with Crippen LogP contribution in [0, 0.1) is 10.1 Å². The Balaban J connectivity index is 2.61. The summed E-state index contributed by atoms with van der Waals surface area (Å²) < 4.78 is 0. The van der Waals surface area contributed by atoms with Crippen molar-refractivity contribution in [2.24, 2.45) is 0 Å². The number of aromatic nitrogens is 2. The molecule has 0 aliphatic rings. The molecule has 1 heterocycles. The SMILES string of the molecule is CCCNc1ncnc(NCCSCCCO)c1[N+](=O)[O-]. The van der Waals surface area contributed by atoms with E-state index in [1.54, 1.807) is 11.8 Å². The third-order valence-electron chi connectivity index (χ3n) is 2.53. The van der Waals surface area contributed by atoms with E-state index in [-0.39, 0.29) is 23.9 Å². The van der Waals surface area contributed by atoms with E-state index < -0.39 is 4.92 Å². The van der Waals surface area contributed by atoms with E-state index in [9.17, 15) is 10.1 Å². The van der Waals surface area contributed by atoms with Crippen molar-refractivity contribution in [2.75, 3.05) is 41.8 Å². The molecule has 0 amide bonds. The zero-order chi connectivity index (χ0) is 15.5. The molecule has 0 fully saturated rings. The molecular weight excluding hydrogens is 294 g/mol. The lowest BCUT2D eigenvalue weighted by Gasteiger charge is -2.09. The minimum absolute atomic E-state index is 0.119. The number of nitrogens with one attached hydrogen (secondary N) is 2. The van der Waals surface area contributed by atoms with E-state index in [0.29, 0.717) is 13.1 Å². The zero-order valence-electron chi connectivity index (χ0n) is 12.0. The van der Waals surface area contributed by atoms with Crippen molar-refractivity contribution in [2.45, 2.75) is 19.8 Å². The Morgan fingerprint density at radius 2 is 1.95 bits per heavy atom. The summed E-state index contributed by atoms with van der Waals surface area (Å²) in [7, 11) is 0. The molecule has 0 saturated carbocycles. The van der Waals surface area contributed by atoms with Gasteiger partial charge in [-0.2, -0.15) is 11.8 Å². The molecule has 9 heteroatoms. The van der Waals surface area contributed by atoms with Crippen LogP contribution in [0.4, 0.5) is 17.3 Å². The van der Waals surface area contributed by atoms with Gasteiger partial charge in [-0.3, -0.25) is 10.1 Å². The van der Waals surface area contributed by atoms with Crippen LogP contribution in [0.5, 0.6) is 0 Å². The third-order valence-corrected chi connectivity index (χ3v) is 3.60. The van der Waals surface area contributed by atoms with Gasteiger partial charge >= 0.3 is 5.69 Å². The van der Waals surface area contributed by atoms with Gasteiger partial charge in [0.15, 0.2) is 0 Å². The number of aliphatic hydroxyl groups excluding tert-OH is 1. The molecule has 21 heavy (non-hydrogen) atoms. The molecule has 1 aromatic rings. The van der Waals surface area contributed by atoms with Crippen molar-refractivity contribution in [1.82, 2.24) is 9.97 Å². The topological polar surface area (TPSA) is 113 Å². The minimum atomic E-state index is -0.473. The van der Waals surface area contributed by atoms with E-state index in [2.05, 4.69) is 20.6 Å². The maximum absolute atomic E-state index is 11.2. The van der Waals surface area contributed by atoms with Gasteiger partial charge in [-0.05, 0) is 18.6 Å². The molecule has 0 aliphatic heterocycles. The Bertz CT molecular complexity index is 447. The number of aliphatic hydroxyl groups is 1. The molecule has 1 aromatic heterocycles. The van der Waals surface area contributed by atoms with Gasteiger partial charge in [0, 0.05) is 25.4 Å². The molecule has 0 atom stereocenters. The summed E-state index contributed by atoms with van der Waals surface area (Å²) in [6, 6.07) is 0. The Kier molecular flexibility index (Phi) is 8.44. The Morgan fingerprint density at radius 3 is 2.52 bits per heavy atom. The summed E-state index contributed by atoms with van der Waals surface area (Å²) in [5.74, 6) is 2.13. The highest BCUT2D eigenvalue weighted by molar-refractivity contribution is 7.99. The zero-order valence-corrected chi connectivity index (χ0v) is 12.9. The molecule has 0 saturated heterocycles. The maximum Gasteiger partial charge on any atom is 0.353 e. The van der Waals surface area contributed by atoms with Gasteiger partial charge in [-0.15, -0.1) is 0 Å². The largest absolute Gasteiger partial charge is 0.396 e. The fourth-order valence-corrected chi connectivity index (χ4v) is 2.35. The summed E-state index contributed by atoms with van der Waals surface area (Å²) in [5, 5.41) is 25.8. The first kappa shape index (κ1) is 17.4. The highest BCUT2D eigenvalue weighted by Gasteiger charge is 2.22. The molecule has 1 rings (SSSR count). The van der Waals surface area contributed by atoms with Crippen molar-refractivity contribution >= 4 is 29.1 Å². The van der Waals surface area contributed by atoms with Crippen LogP contribution < -0.4 is 10.6 Å². The summed E-state index contributed by atoms with van der Waals surface area (Å²) in [4.78, 5) is 18.6. The van der Waals surface area contributed by atoms with Gasteiger partial charge in [0.1, 0.15) is 6.33 Å². The van der Waals surface area contributed by atoms with Crippen LogP contribution in [0.15, 0.2) is 6.33 Å². The first-order valence-corrected chi connectivity index (χ1v) is 8.01. The molecule has 0 radical (unpaired) electrons. The standard InChI is InChI=1S/C12H21N5O3S/c1-2-4-13-11-10(17(19)20)12(16-9-15-11)14-5-8-21-7-3-6-18/h9,18H,2-8H2,1H3,(H2,13,14,15,16). The molecule has 0 unspecified atom stereocenters. The second kappa shape index (κ2) is 10.2. The smallest absolute Gasteiger partial charge is 0.353 e. The second-order valence-corrected chi connectivity index (χ2v) is 5.44. The highest BCUT2D eigenvalue weighted by atomic mass is 32.2. The van der Waals surface area contributed by atoms with E-state index in [4.69, 9.17) is 5.11 Å². The fourth-order valence-electron chi connectivity index (χ4n) is 1.56. The molecule has 0 spiro atoms. The number of anilines is 2. The van der Waals surface area contributed by atoms with Crippen LogP contribution in [-0.2, 0) is 0 Å². The van der Waals surface area contributed by atoms with E-state index in [0.717, 1.165) is 24.3 Å². The van der Waals surface area contributed by atoms with Crippen LogP contribution in [0.25, 0.3) is 0 Å². The van der Waals surface area contributed by atoms with Crippen molar-refractivity contribution in [3.8, 4) is 0 Å². The number of thioether (sulfide) groups is 1. The normalized spacial score (nSPS) is 10.4. The van der Waals surface area contributed by atoms with Gasteiger partial charge < -0.3 is 15.7 Å². The molecule has 3 N–H and O–H groups in total. The van der Waals surface area contributed by atoms with Gasteiger partial charge in [-0.25, -0.2) is 9.97 Å². The van der Waals surface area contributed by atoms with Crippen LogP contribution >= 0.6 is 11.8 Å². The molecule has 8 nitrogen and oxygen atoms in total. The van der Waals surface area contributed by atoms with Gasteiger partial charge in [0.05, 0.1) is 4.92 Å². The number of nitrogens with zero attached hydrogens (tertiary/aromatic N) is 3. The van der Waals surface area contributed by atoms with E-state index >= 15 is 0 Å². The molecule has 118 valence electrons. The van der Waals surface area contributed by atoms with Crippen molar-refractivity contribution < 1.29 is 10.0 Å². The van der Waals surface area contributed by atoms with Crippen LogP contribution in [-0.4, -0.2) is 51.2 Å². The van der Waals surface area contributed by atoms with Crippen molar-refractivity contribution in [1.29, 1.82) is 0 Å². The number of rotatable bonds is 11. The number of hydrogen-bond donors (Lipinski definition) is 3. The maximum atomic E-state index is 11.2. The minimum Gasteiger partial charge on any atom is -0.396 e. The highest BCUT2D eigenvalue weighted by Crippen LogP contribution is 2.28. The molecular formula is C12H21N5O3S. The molecule has 0 aliphatic carbocycles. The Hall–Kier alpha value is -1.61. The summed E-state index contributed by atoms with van der Waals surface area (Å²) in [6.07, 6.45) is 2.92.